The summed E-state index contributed by atoms with van der Waals surface area (Å²) < 4.78 is 12.3. The Hall–Kier alpha value is 1.01. The molecule has 0 aromatic carbocycles. The number of aromatic nitrogens is 3. The first kappa shape index (κ1) is 29.2. The van der Waals surface area contributed by atoms with Crippen molar-refractivity contribution < 1.29 is 9.47 Å². The predicted octanol–water partition coefficient (Wildman–Crippen LogP) is 7.45. The summed E-state index contributed by atoms with van der Waals surface area (Å²) in [5, 5.41) is 4.05. The molecule has 184 valence electrons. The second-order valence-corrected chi connectivity index (χ2v) is 12.0. The molecule has 1 aromatic rings. The molecule has 0 bridgehead atoms. The van der Waals surface area contributed by atoms with Crippen molar-refractivity contribution in [3.63, 3.8) is 0 Å². The fraction of sp³-hybridized carbons (Fsp3) is 0.864. The summed E-state index contributed by atoms with van der Waals surface area (Å²) in [6.45, 7) is 7.65. The van der Waals surface area contributed by atoms with Crippen molar-refractivity contribution in [2.24, 2.45) is 16.7 Å². The molecule has 1 saturated carbocycles. The van der Waals surface area contributed by atoms with E-state index < -0.39 is 0 Å². The van der Waals surface area contributed by atoms with Crippen LogP contribution in [0.2, 0.25) is 0 Å². The first-order valence-corrected chi connectivity index (χ1v) is 16.7. The minimum Gasteiger partial charge on any atom is -0.463 e. The summed E-state index contributed by atoms with van der Waals surface area (Å²) in [7, 11) is 0. The Bertz CT molecular complexity index is 656. The van der Waals surface area contributed by atoms with Gasteiger partial charge in [0.2, 0.25) is 0 Å². The van der Waals surface area contributed by atoms with Gasteiger partial charge in [0, 0.05) is 42.9 Å². The van der Waals surface area contributed by atoms with E-state index in [0.717, 1.165) is 45.3 Å². The average Bonchev–Trinajstić information content (AvgIpc) is 2.80. The first-order chi connectivity index (χ1) is 15.3. The van der Waals surface area contributed by atoms with E-state index in [4.69, 9.17) is 19.4 Å². The van der Waals surface area contributed by atoms with Crippen molar-refractivity contribution in [1.29, 1.82) is 0 Å². The molecule has 1 fully saturated rings. The monoisotopic (exact) mass is 767 g/mol. The van der Waals surface area contributed by atoms with Crippen molar-refractivity contribution in [3.8, 4) is 12.0 Å². The Labute approximate surface area is 235 Å². The lowest BCUT2D eigenvalue weighted by molar-refractivity contribution is 0.144. The van der Waals surface area contributed by atoms with Gasteiger partial charge in [-0.3, -0.25) is 0 Å². The van der Waals surface area contributed by atoms with Crippen LogP contribution in [0.15, 0.2) is 0 Å². The highest BCUT2D eigenvalue weighted by Gasteiger charge is 2.41. The van der Waals surface area contributed by atoms with Crippen LogP contribution in [0.3, 0.4) is 0 Å². The van der Waals surface area contributed by atoms with Crippen LogP contribution in [0.5, 0.6) is 12.0 Å². The van der Waals surface area contributed by atoms with E-state index in [1.165, 1.54) is 19.3 Å². The third-order valence-corrected chi connectivity index (χ3v) is 13.0. The molecule has 0 aliphatic heterocycles. The number of nitrogens with zero attached hydrogens (tertiary/aromatic N) is 3. The van der Waals surface area contributed by atoms with Gasteiger partial charge in [-0.2, -0.15) is 9.97 Å². The number of rotatable bonds is 15. The van der Waals surface area contributed by atoms with Gasteiger partial charge in [-0.1, -0.05) is 107 Å². The molecule has 10 heteroatoms. The molecule has 2 rings (SSSR count). The molecule has 1 atom stereocenters. The normalized spacial score (nSPS) is 17.0. The van der Waals surface area contributed by atoms with Crippen molar-refractivity contribution in [2.45, 2.75) is 58.3 Å². The lowest BCUT2D eigenvalue weighted by atomic mass is 9.64. The highest BCUT2D eigenvalue weighted by Crippen LogP contribution is 2.45. The summed E-state index contributed by atoms with van der Waals surface area (Å²) in [6, 6.07) is 0.696. The van der Waals surface area contributed by atoms with Crippen molar-refractivity contribution in [3.05, 3.63) is 5.82 Å². The van der Waals surface area contributed by atoms with Gasteiger partial charge in [-0.25, -0.2) is 0 Å². The molecule has 0 N–H and O–H groups in total. The van der Waals surface area contributed by atoms with Gasteiger partial charge in [-0.15, -0.1) is 4.98 Å². The lowest BCUT2D eigenvalue weighted by Crippen LogP contribution is -2.38. The van der Waals surface area contributed by atoms with E-state index in [0.29, 0.717) is 31.2 Å². The van der Waals surface area contributed by atoms with E-state index in [1.54, 1.807) is 0 Å². The quantitative estimate of drug-likeness (QED) is 0.174. The maximum Gasteiger partial charge on any atom is 0.322 e. The zero-order valence-electron chi connectivity index (χ0n) is 19.1. The zero-order chi connectivity index (χ0) is 23.8. The van der Waals surface area contributed by atoms with Gasteiger partial charge in [0.15, 0.2) is 0 Å². The number of ether oxygens (including phenoxy) is 2. The van der Waals surface area contributed by atoms with E-state index in [-0.39, 0.29) is 16.2 Å². The van der Waals surface area contributed by atoms with Gasteiger partial charge < -0.3 is 9.47 Å². The van der Waals surface area contributed by atoms with Gasteiger partial charge in [0.1, 0.15) is 5.82 Å². The van der Waals surface area contributed by atoms with Crippen LogP contribution in [0.4, 0.5) is 0 Å². The zero-order valence-corrected chi connectivity index (χ0v) is 27.0. The number of alkyl halides is 5. The molecular weight excluding hydrogens is 738 g/mol. The molecule has 0 saturated heterocycles. The minimum absolute atomic E-state index is 0.0209. The second-order valence-electron chi connectivity index (χ2n) is 9.22. The van der Waals surface area contributed by atoms with E-state index in [9.17, 15) is 0 Å². The Morgan fingerprint density at radius 1 is 0.750 bits per heavy atom. The number of halogens is 5. The van der Waals surface area contributed by atoms with E-state index in [2.05, 4.69) is 105 Å². The molecule has 1 heterocycles. The van der Waals surface area contributed by atoms with Crippen LogP contribution in [-0.2, 0) is 5.41 Å². The Morgan fingerprint density at radius 3 is 1.56 bits per heavy atom. The number of hydrogen-bond acceptors (Lipinski definition) is 5. The van der Waals surface area contributed by atoms with Crippen LogP contribution < -0.4 is 9.47 Å². The highest BCUT2D eigenvalue weighted by molar-refractivity contribution is 9.10. The smallest absolute Gasteiger partial charge is 0.322 e. The maximum atomic E-state index is 6.18. The lowest BCUT2D eigenvalue weighted by Gasteiger charge is -2.41. The third-order valence-electron chi connectivity index (χ3n) is 7.03. The van der Waals surface area contributed by atoms with E-state index >= 15 is 0 Å². The topological polar surface area (TPSA) is 57.1 Å². The fourth-order valence-electron chi connectivity index (χ4n) is 3.46. The molecule has 1 aliphatic rings. The molecule has 0 radical (unpaired) electrons. The molecule has 0 spiro atoms. The van der Waals surface area contributed by atoms with Gasteiger partial charge in [0.25, 0.3) is 0 Å². The van der Waals surface area contributed by atoms with Crippen molar-refractivity contribution in [2.75, 3.05) is 39.9 Å². The second kappa shape index (κ2) is 13.4. The highest BCUT2D eigenvalue weighted by atomic mass is 79.9. The molecule has 1 aliphatic carbocycles. The van der Waals surface area contributed by atoms with Crippen LogP contribution >= 0.6 is 79.6 Å². The molecule has 5 nitrogen and oxygen atoms in total. The predicted molar refractivity (Wildman–Crippen MR) is 150 cm³/mol. The van der Waals surface area contributed by atoms with Gasteiger partial charge in [0.05, 0.1) is 13.2 Å². The summed E-state index contributed by atoms with van der Waals surface area (Å²) >= 11 is 18.1. The SMILES string of the molecule is CCC(CBr)(CBr)COc1nc(OCC(CBr)(CBr)CBr)nc([C@](C)(CC)C2CCC2)n1. The van der Waals surface area contributed by atoms with Gasteiger partial charge in [-0.05, 0) is 31.6 Å². The van der Waals surface area contributed by atoms with Crippen molar-refractivity contribution in [1.82, 2.24) is 15.0 Å². The molecule has 0 amide bonds. The number of hydrogen-bond donors (Lipinski definition) is 0. The molecule has 0 unspecified atom stereocenters. The van der Waals surface area contributed by atoms with Crippen molar-refractivity contribution >= 4 is 79.6 Å². The Morgan fingerprint density at radius 2 is 1.22 bits per heavy atom. The Balaban J connectivity index is 2.36. The first-order valence-electron chi connectivity index (χ1n) is 11.1. The molecule has 1 aromatic heterocycles. The van der Waals surface area contributed by atoms with E-state index in [1.807, 2.05) is 0 Å². The third kappa shape index (κ3) is 6.82. The van der Waals surface area contributed by atoms with Gasteiger partial charge >= 0.3 is 12.0 Å². The average molecular weight is 772 g/mol. The fourth-order valence-corrected chi connectivity index (χ4v) is 8.78. The standard InChI is InChI=1S/C22H34Br5N3O2/c1-4-20(3,16-7-6-8-16)17-28-18(31-14-21(5-2,9-23)10-24)30-19(29-17)32-15-22(11-25,12-26)13-27/h16H,4-15H2,1-3H3/t20-/m1/s1. The molecular formula is C22H34Br5N3O2. The summed E-state index contributed by atoms with van der Waals surface area (Å²) in [4.78, 5) is 14.2. The summed E-state index contributed by atoms with van der Waals surface area (Å²) in [6.07, 6.45) is 5.65. The van der Waals surface area contributed by atoms with Crippen LogP contribution in [-0.4, -0.2) is 54.8 Å². The van der Waals surface area contributed by atoms with Crippen LogP contribution in [0.25, 0.3) is 0 Å². The largest absolute Gasteiger partial charge is 0.463 e. The molecule has 32 heavy (non-hydrogen) atoms. The summed E-state index contributed by atoms with van der Waals surface area (Å²) in [5.74, 6) is 1.37. The van der Waals surface area contributed by atoms with Crippen LogP contribution in [0.1, 0.15) is 58.7 Å². The van der Waals surface area contributed by atoms with Crippen LogP contribution in [0, 0.1) is 16.7 Å². The Kier molecular flexibility index (Phi) is 12.2. The summed E-state index contributed by atoms with van der Waals surface area (Å²) in [5.41, 5.74) is -0.229. The minimum atomic E-state index is -0.110. The maximum absolute atomic E-state index is 6.18.